The first-order valence-electron chi connectivity index (χ1n) is 8.20. The smallest absolute Gasteiger partial charge is 0.265 e. The lowest BCUT2D eigenvalue weighted by atomic mass is 10.1. The van der Waals surface area contributed by atoms with E-state index in [1.807, 2.05) is 36.4 Å². The Morgan fingerprint density at radius 1 is 0.760 bits per heavy atom. The highest BCUT2D eigenvalue weighted by Crippen LogP contribution is 2.20. The van der Waals surface area contributed by atoms with Gasteiger partial charge in [0.1, 0.15) is 0 Å². The van der Waals surface area contributed by atoms with Crippen LogP contribution in [-0.2, 0) is 13.1 Å². The molecule has 0 aliphatic heterocycles. The molecule has 0 aliphatic carbocycles. The number of hydrogen-bond acceptors (Lipinski definition) is 3. The van der Waals surface area contributed by atoms with Crippen molar-refractivity contribution in [2.75, 3.05) is 4.90 Å². The van der Waals surface area contributed by atoms with E-state index in [4.69, 9.17) is 5.84 Å². The lowest BCUT2D eigenvalue weighted by molar-refractivity contribution is 0.0953. The van der Waals surface area contributed by atoms with Crippen LogP contribution in [0.4, 0.5) is 5.69 Å². The molecule has 3 rings (SSSR count). The molecule has 126 valence electrons. The topological polar surface area (TPSA) is 58.4 Å². The number of benzene rings is 3. The summed E-state index contributed by atoms with van der Waals surface area (Å²) in [6, 6.07) is 28.2. The molecule has 4 heteroatoms. The van der Waals surface area contributed by atoms with Gasteiger partial charge in [0.2, 0.25) is 0 Å². The molecule has 0 saturated carbocycles. The third kappa shape index (κ3) is 4.46. The fourth-order valence-corrected chi connectivity index (χ4v) is 2.75. The third-order valence-corrected chi connectivity index (χ3v) is 4.06. The molecule has 0 aromatic heterocycles. The second kappa shape index (κ2) is 8.13. The van der Waals surface area contributed by atoms with E-state index in [1.54, 1.807) is 12.1 Å². The van der Waals surface area contributed by atoms with Crippen molar-refractivity contribution in [3.8, 4) is 0 Å². The summed E-state index contributed by atoms with van der Waals surface area (Å²) in [6.07, 6.45) is 0. The van der Waals surface area contributed by atoms with Gasteiger partial charge in [-0.25, -0.2) is 5.84 Å². The summed E-state index contributed by atoms with van der Waals surface area (Å²) >= 11 is 0. The van der Waals surface area contributed by atoms with Gasteiger partial charge in [-0.3, -0.25) is 10.2 Å². The minimum absolute atomic E-state index is 0.282. The Balaban J connectivity index is 1.81. The van der Waals surface area contributed by atoms with Crippen molar-refractivity contribution in [3.05, 3.63) is 102 Å². The van der Waals surface area contributed by atoms with Gasteiger partial charge in [0, 0.05) is 24.3 Å². The molecule has 1 amide bonds. The van der Waals surface area contributed by atoms with Crippen LogP contribution in [0.2, 0.25) is 0 Å². The third-order valence-electron chi connectivity index (χ3n) is 4.06. The summed E-state index contributed by atoms with van der Waals surface area (Å²) in [6.45, 7) is 1.57. The van der Waals surface area contributed by atoms with Gasteiger partial charge in [-0.2, -0.15) is 0 Å². The second-order valence-corrected chi connectivity index (χ2v) is 5.85. The monoisotopic (exact) mass is 331 g/mol. The fourth-order valence-electron chi connectivity index (χ4n) is 2.75. The normalized spacial score (nSPS) is 10.3. The van der Waals surface area contributed by atoms with Gasteiger partial charge < -0.3 is 4.90 Å². The molecular formula is C21H21N3O. The molecule has 0 saturated heterocycles. The van der Waals surface area contributed by atoms with Crippen LogP contribution in [0.1, 0.15) is 21.5 Å². The molecule has 3 aromatic carbocycles. The second-order valence-electron chi connectivity index (χ2n) is 5.85. The Morgan fingerprint density at radius 3 is 1.84 bits per heavy atom. The maximum absolute atomic E-state index is 11.6. The highest BCUT2D eigenvalue weighted by molar-refractivity contribution is 5.93. The summed E-state index contributed by atoms with van der Waals surface area (Å²) in [5.74, 6) is 4.90. The Morgan fingerprint density at radius 2 is 1.28 bits per heavy atom. The molecule has 0 unspecified atom stereocenters. The highest BCUT2D eigenvalue weighted by Gasteiger charge is 2.09. The first kappa shape index (κ1) is 16.7. The standard InChI is InChI=1S/C21H21N3O/c22-23-21(25)19-13-11-18(12-14-19)16-24(20-9-5-2-6-10-20)15-17-7-3-1-4-8-17/h1-14H,15-16,22H2,(H,23,25). The number of rotatable bonds is 6. The maximum Gasteiger partial charge on any atom is 0.265 e. The molecule has 0 spiro atoms. The number of nitrogens with zero attached hydrogens (tertiary/aromatic N) is 1. The molecule has 0 radical (unpaired) electrons. The lowest BCUT2D eigenvalue weighted by Gasteiger charge is -2.25. The maximum atomic E-state index is 11.6. The van der Waals surface area contributed by atoms with Crippen molar-refractivity contribution in [2.24, 2.45) is 5.84 Å². The number of para-hydroxylation sites is 1. The predicted octanol–water partition coefficient (Wildman–Crippen LogP) is 3.50. The van der Waals surface area contributed by atoms with Crippen LogP contribution in [0.15, 0.2) is 84.9 Å². The van der Waals surface area contributed by atoms with Gasteiger partial charge >= 0.3 is 0 Å². The van der Waals surface area contributed by atoms with Gasteiger partial charge in [-0.15, -0.1) is 0 Å². The summed E-state index contributed by atoms with van der Waals surface area (Å²) in [5.41, 5.74) is 6.26. The van der Waals surface area contributed by atoms with Crippen LogP contribution in [0.5, 0.6) is 0 Å². The number of carbonyl (C=O) groups is 1. The Labute approximate surface area is 147 Å². The van der Waals surface area contributed by atoms with E-state index in [-0.39, 0.29) is 5.91 Å². The summed E-state index contributed by atoms with van der Waals surface area (Å²) < 4.78 is 0. The van der Waals surface area contributed by atoms with Gasteiger partial charge in [0.15, 0.2) is 0 Å². The number of nitrogens with one attached hydrogen (secondary N) is 1. The molecule has 25 heavy (non-hydrogen) atoms. The minimum Gasteiger partial charge on any atom is -0.363 e. The van der Waals surface area contributed by atoms with Crippen LogP contribution in [-0.4, -0.2) is 5.91 Å². The van der Waals surface area contributed by atoms with Gasteiger partial charge in [-0.05, 0) is 35.4 Å². The number of anilines is 1. The predicted molar refractivity (Wildman–Crippen MR) is 101 cm³/mol. The zero-order valence-electron chi connectivity index (χ0n) is 13.9. The average molecular weight is 331 g/mol. The summed E-state index contributed by atoms with van der Waals surface area (Å²) in [4.78, 5) is 13.9. The molecule has 0 bridgehead atoms. The lowest BCUT2D eigenvalue weighted by Crippen LogP contribution is -2.30. The Kier molecular flexibility index (Phi) is 5.44. The van der Waals surface area contributed by atoms with E-state index in [2.05, 4.69) is 46.7 Å². The van der Waals surface area contributed by atoms with Crippen molar-refractivity contribution in [3.63, 3.8) is 0 Å². The molecule has 0 atom stereocenters. The number of nitrogens with two attached hydrogens (primary N) is 1. The molecule has 0 aliphatic rings. The van der Waals surface area contributed by atoms with Gasteiger partial charge in [0.25, 0.3) is 5.91 Å². The SMILES string of the molecule is NNC(=O)c1ccc(CN(Cc2ccccc2)c2ccccc2)cc1. The van der Waals surface area contributed by atoms with Gasteiger partial charge in [0.05, 0.1) is 0 Å². The molecule has 0 fully saturated rings. The molecular weight excluding hydrogens is 310 g/mol. The molecule has 0 heterocycles. The van der Waals surface area contributed by atoms with E-state index >= 15 is 0 Å². The number of amides is 1. The van der Waals surface area contributed by atoms with E-state index < -0.39 is 0 Å². The van der Waals surface area contributed by atoms with Crippen LogP contribution in [0.25, 0.3) is 0 Å². The average Bonchev–Trinajstić information content (AvgIpc) is 2.69. The van der Waals surface area contributed by atoms with Crippen molar-refractivity contribution >= 4 is 11.6 Å². The van der Waals surface area contributed by atoms with Crippen molar-refractivity contribution in [1.82, 2.24) is 5.43 Å². The molecule has 3 N–H and O–H groups in total. The van der Waals surface area contributed by atoms with Gasteiger partial charge in [-0.1, -0.05) is 60.7 Å². The summed E-state index contributed by atoms with van der Waals surface area (Å²) in [5, 5.41) is 0. The number of hydrogen-bond donors (Lipinski definition) is 2. The number of hydrazine groups is 1. The van der Waals surface area contributed by atoms with E-state index in [9.17, 15) is 4.79 Å². The minimum atomic E-state index is -0.282. The number of nitrogen functional groups attached to an aromatic ring is 1. The zero-order valence-corrected chi connectivity index (χ0v) is 13.9. The fraction of sp³-hybridized carbons (Fsp3) is 0.0952. The summed E-state index contributed by atoms with van der Waals surface area (Å²) in [7, 11) is 0. The molecule has 4 nitrogen and oxygen atoms in total. The number of carbonyl (C=O) groups excluding carboxylic acids is 1. The Bertz CT molecular complexity index is 802. The van der Waals surface area contributed by atoms with Crippen LogP contribution >= 0.6 is 0 Å². The highest BCUT2D eigenvalue weighted by atomic mass is 16.2. The van der Waals surface area contributed by atoms with Crippen LogP contribution in [0, 0.1) is 0 Å². The van der Waals surface area contributed by atoms with Crippen LogP contribution < -0.4 is 16.2 Å². The quantitative estimate of drug-likeness (QED) is 0.413. The van der Waals surface area contributed by atoms with Crippen molar-refractivity contribution in [1.29, 1.82) is 0 Å². The molecule has 3 aromatic rings. The zero-order chi connectivity index (χ0) is 17.5. The first-order chi connectivity index (χ1) is 12.3. The largest absolute Gasteiger partial charge is 0.363 e. The van der Waals surface area contributed by atoms with Crippen LogP contribution in [0.3, 0.4) is 0 Å². The van der Waals surface area contributed by atoms with Crippen molar-refractivity contribution < 1.29 is 4.79 Å². The van der Waals surface area contributed by atoms with E-state index in [0.29, 0.717) is 5.56 Å². The van der Waals surface area contributed by atoms with E-state index in [1.165, 1.54) is 5.56 Å². The Hall–Kier alpha value is -3.11. The van der Waals surface area contributed by atoms with E-state index in [0.717, 1.165) is 24.3 Å². The van der Waals surface area contributed by atoms with Crippen molar-refractivity contribution in [2.45, 2.75) is 13.1 Å². The first-order valence-corrected chi connectivity index (χ1v) is 8.20.